The molecule has 0 saturated carbocycles. The number of nitrogens with one attached hydrogen (secondary N) is 2. The lowest BCUT2D eigenvalue weighted by Crippen LogP contribution is -2.67. The lowest BCUT2D eigenvalue weighted by Gasteiger charge is -2.50. The standard InChI is InChI=1S/C38H31N5O5/c1-47-26-17-13-23(14-18-26)30-28(21-22-9-5-3-6-10-22)33-29(32(40-36(39)41-33)25-11-7-4-8-12-25)31(24-15-19-27(48-2)20-16-24)38(30)34(44)42-37(46)43-35(38)45/h3-21,30-31H,1-2H3,(H2,39,40,41)(H2,42,43,44,45,46)/b28-21-. The predicted octanol–water partition coefficient (Wildman–Crippen LogP) is 5.57. The van der Waals surface area contributed by atoms with Crippen LogP contribution >= 0.6 is 0 Å². The van der Waals surface area contributed by atoms with E-state index >= 15 is 0 Å². The zero-order chi connectivity index (χ0) is 33.4. The summed E-state index contributed by atoms with van der Waals surface area (Å²) in [5, 5.41) is 4.90. The molecule has 1 aliphatic heterocycles. The van der Waals surface area contributed by atoms with Crippen LogP contribution in [0.2, 0.25) is 0 Å². The molecule has 0 radical (unpaired) electrons. The Balaban J connectivity index is 1.68. The van der Waals surface area contributed by atoms with E-state index in [0.717, 1.165) is 5.56 Å². The Bertz CT molecular complexity index is 2040. The molecular formula is C38H31N5O5. The number of methoxy groups -OCH3 is 2. The van der Waals surface area contributed by atoms with Crippen molar-refractivity contribution in [1.82, 2.24) is 20.6 Å². The number of allylic oxidation sites excluding steroid dienone is 1. The fourth-order valence-electron chi connectivity index (χ4n) is 6.99. The summed E-state index contributed by atoms with van der Waals surface area (Å²) in [5.74, 6) is -2.26. The molecule has 1 saturated heterocycles. The molecule has 1 fully saturated rings. The highest BCUT2D eigenvalue weighted by Gasteiger charge is 2.65. The topological polar surface area (TPSA) is 146 Å². The number of aromatic nitrogens is 2. The predicted molar refractivity (Wildman–Crippen MR) is 181 cm³/mol. The van der Waals surface area contributed by atoms with Gasteiger partial charge in [0.05, 0.1) is 25.6 Å². The number of amides is 4. The number of carbonyl (C=O) groups excluding carboxylic acids is 3. The van der Waals surface area contributed by atoms with E-state index in [4.69, 9.17) is 25.2 Å². The lowest BCUT2D eigenvalue weighted by atomic mass is 9.52. The molecule has 238 valence electrons. The SMILES string of the molecule is COc1ccc(C2/C(=C/c3ccccc3)c3nc(N)nc(-c4ccccc4)c3C(c3ccc(OC)cc3)C23C(=O)NC(=O)NC3=O)cc1. The molecule has 4 aromatic carbocycles. The molecule has 1 aromatic heterocycles. The smallest absolute Gasteiger partial charge is 0.328 e. The minimum atomic E-state index is -1.95. The number of imide groups is 2. The van der Waals surface area contributed by atoms with E-state index in [1.165, 1.54) is 0 Å². The summed E-state index contributed by atoms with van der Waals surface area (Å²) in [5.41, 5.74) is 9.30. The number of carbonyl (C=O) groups is 3. The van der Waals surface area contributed by atoms with E-state index in [-0.39, 0.29) is 5.95 Å². The van der Waals surface area contributed by atoms with Crippen LogP contribution in [0.3, 0.4) is 0 Å². The number of benzene rings is 4. The zero-order valence-corrected chi connectivity index (χ0v) is 26.1. The first-order valence-electron chi connectivity index (χ1n) is 15.3. The number of hydrogen-bond donors (Lipinski definition) is 3. The van der Waals surface area contributed by atoms with Crippen LogP contribution in [0.4, 0.5) is 10.7 Å². The number of nitrogens with two attached hydrogens (primary N) is 1. The average Bonchev–Trinajstić information content (AvgIpc) is 3.11. The van der Waals surface area contributed by atoms with Crippen molar-refractivity contribution >= 4 is 35.4 Å². The van der Waals surface area contributed by atoms with Gasteiger partial charge in [-0.25, -0.2) is 14.8 Å². The molecule has 0 bridgehead atoms. The fraction of sp³-hybridized carbons (Fsp3) is 0.132. The summed E-state index contributed by atoms with van der Waals surface area (Å²) in [4.78, 5) is 51.9. The van der Waals surface area contributed by atoms with Crippen molar-refractivity contribution < 1.29 is 23.9 Å². The minimum Gasteiger partial charge on any atom is -0.497 e. The van der Waals surface area contributed by atoms with Gasteiger partial charge in [0.1, 0.15) is 11.5 Å². The van der Waals surface area contributed by atoms with Crippen molar-refractivity contribution in [2.75, 3.05) is 20.0 Å². The molecule has 2 aliphatic rings. The van der Waals surface area contributed by atoms with E-state index in [1.54, 1.807) is 38.5 Å². The molecule has 4 amide bonds. The fourth-order valence-corrected chi connectivity index (χ4v) is 6.99. The Morgan fingerprint density at radius 1 is 0.667 bits per heavy atom. The van der Waals surface area contributed by atoms with Crippen LogP contribution in [-0.2, 0) is 9.59 Å². The van der Waals surface area contributed by atoms with Crippen LogP contribution in [-0.4, -0.2) is 42.0 Å². The maximum Gasteiger partial charge on any atom is 0.328 e. The molecular weight excluding hydrogens is 606 g/mol. The Hall–Kier alpha value is -6.29. The van der Waals surface area contributed by atoms with E-state index in [1.807, 2.05) is 91.0 Å². The highest BCUT2D eigenvalue weighted by Crippen LogP contribution is 2.62. The second kappa shape index (κ2) is 12.1. The van der Waals surface area contributed by atoms with Crippen molar-refractivity contribution in [2.45, 2.75) is 11.8 Å². The van der Waals surface area contributed by atoms with Gasteiger partial charge in [0.2, 0.25) is 17.8 Å². The second-order valence-corrected chi connectivity index (χ2v) is 11.6. The van der Waals surface area contributed by atoms with Gasteiger partial charge in [-0.2, -0.15) is 0 Å². The number of urea groups is 1. The van der Waals surface area contributed by atoms with Crippen LogP contribution in [0.15, 0.2) is 109 Å². The van der Waals surface area contributed by atoms with Crippen LogP contribution in [0.1, 0.15) is 39.8 Å². The highest BCUT2D eigenvalue weighted by molar-refractivity contribution is 6.23. The van der Waals surface area contributed by atoms with Gasteiger partial charge in [0.25, 0.3) is 0 Å². The molecule has 10 heteroatoms. The quantitative estimate of drug-likeness (QED) is 0.205. The number of hydrogen-bond acceptors (Lipinski definition) is 8. The molecule has 2 atom stereocenters. The van der Waals surface area contributed by atoms with E-state index in [2.05, 4.69) is 10.6 Å². The average molecular weight is 638 g/mol. The van der Waals surface area contributed by atoms with Crippen molar-refractivity contribution in [3.8, 4) is 22.8 Å². The molecule has 5 aromatic rings. The third kappa shape index (κ3) is 4.94. The Kier molecular flexibility index (Phi) is 7.68. The van der Waals surface area contributed by atoms with Gasteiger partial charge in [0.15, 0.2) is 5.41 Å². The maximum atomic E-state index is 14.8. The van der Waals surface area contributed by atoms with Crippen LogP contribution < -0.4 is 25.8 Å². The first-order chi connectivity index (χ1) is 23.3. The van der Waals surface area contributed by atoms with E-state index in [9.17, 15) is 14.4 Å². The number of rotatable bonds is 6. The van der Waals surface area contributed by atoms with Crippen LogP contribution in [0.5, 0.6) is 11.5 Å². The first-order valence-corrected chi connectivity index (χ1v) is 15.3. The Morgan fingerprint density at radius 2 is 1.17 bits per heavy atom. The third-order valence-corrected chi connectivity index (χ3v) is 9.02. The Morgan fingerprint density at radius 3 is 1.71 bits per heavy atom. The highest BCUT2D eigenvalue weighted by atomic mass is 16.5. The van der Waals surface area contributed by atoms with Crippen molar-refractivity contribution in [3.63, 3.8) is 0 Å². The van der Waals surface area contributed by atoms with Gasteiger partial charge in [-0.05, 0) is 52.6 Å². The van der Waals surface area contributed by atoms with Crippen molar-refractivity contribution in [3.05, 3.63) is 137 Å². The maximum absolute atomic E-state index is 14.8. The van der Waals surface area contributed by atoms with Gasteiger partial charge in [0, 0.05) is 23.0 Å². The summed E-state index contributed by atoms with van der Waals surface area (Å²) in [6.45, 7) is 0. The monoisotopic (exact) mass is 637 g/mol. The molecule has 1 spiro atoms. The molecule has 2 unspecified atom stereocenters. The molecule has 7 rings (SSSR count). The van der Waals surface area contributed by atoms with Crippen molar-refractivity contribution in [1.29, 1.82) is 0 Å². The molecule has 10 nitrogen and oxygen atoms in total. The largest absolute Gasteiger partial charge is 0.497 e. The number of nitrogen functional groups attached to an aromatic ring is 1. The van der Waals surface area contributed by atoms with Crippen LogP contribution in [0, 0.1) is 5.41 Å². The van der Waals surface area contributed by atoms with E-state index < -0.39 is 35.1 Å². The lowest BCUT2D eigenvalue weighted by molar-refractivity contribution is -0.146. The van der Waals surface area contributed by atoms with Gasteiger partial charge in [-0.3, -0.25) is 20.2 Å². The zero-order valence-electron chi connectivity index (χ0n) is 26.1. The third-order valence-electron chi connectivity index (χ3n) is 9.02. The molecule has 48 heavy (non-hydrogen) atoms. The van der Waals surface area contributed by atoms with Gasteiger partial charge < -0.3 is 15.2 Å². The van der Waals surface area contributed by atoms with Gasteiger partial charge in [-0.1, -0.05) is 84.9 Å². The number of ether oxygens (including phenoxy) is 2. The second-order valence-electron chi connectivity index (χ2n) is 11.6. The van der Waals surface area contributed by atoms with Crippen LogP contribution in [0.25, 0.3) is 22.9 Å². The summed E-state index contributed by atoms with van der Waals surface area (Å²) in [6, 6.07) is 32.4. The van der Waals surface area contributed by atoms with Gasteiger partial charge in [-0.15, -0.1) is 0 Å². The summed E-state index contributed by atoms with van der Waals surface area (Å²) >= 11 is 0. The van der Waals surface area contributed by atoms with Crippen molar-refractivity contribution in [2.24, 2.45) is 5.41 Å². The number of anilines is 1. The molecule has 2 heterocycles. The summed E-state index contributed by atoms with van der Waals surface area (Å²) in [6.07, 6.45) is 1.91. The van der Waals surface area contributed by atoms with Gasteiger partial charge >= 0.3 is 6.03 Å². The summed E-state index contributed by atoms with van der Waals surface area (Å²) < 4.78 is 10.9. The number of barbiturate groups is 1. The Labute approximate surface area is 276 Å². The molecule has 4 N–H and O–H groups in total. The summed E-state index contributed by atoms with van der Waals surface area (Å²) in [7, 11) is 3.12. The minimum absolute atomic E-state index is 0.0252. The number of fused-ring (bicyclic) bond motifs is 1. The first kappa shape index (κ1) is 30.4. The molecule has 1 aliphatic carbocycles. The normalized spacial score (nSPS) is 19.0. The van der Waals surface area contributed by atoms with E-state index in [0.29, 0.717) is 50.7 Å². The number of nitrogens with zero attached hydrogens (tertiary/aromatic N) is 2.